The van der Waals surface area contributed by atoms with E-state index in [2.05, 4.69) is 10.2 Å². The lowest BCUT2D eigenvalue weighted by molar-refractivity contribution is 0.0598. The number of likely N-dealkylation sites (tertiary alicyclic amines) is 1. The first-order valence-corrected chi connectivity index (χ1v) is 7.99. The molecule has 1 amide bonds. The standard InChI is InChI=1S/C17H25N3O/c18-16(21)15-6-2-1-5-14(15)11-20-10-4-8-17(13-20)7-3-9-19-12-17/h1-2,5-6,19H,3-4,7-13H2,(H2,18,21). The highest BCUT2D eigenvalue weighted by molar-refractivity contribution is 5.94. The third kappa shape index (κ3) is 3.27. The predicted octanol–water partition coefficient (Wildman–Crippen LogP) is 1.75. The van der Waals surface area contributed by atoms with Gasteiger partial charge in [0.25, 0.3) is 0 Å². The summed E-state index contributed by atoms with van der Waals surface area (Å²) in [7, 11) is 0. The highest BCUT2D eigenvalue weighted by Crippen LogP contribution is 2.36. The van der Waals surface area contributed by atoms with Crippen LogP contribution in [-0.4, -0.2) is 37.0 Å². The Bertz CT molecular complexity index is 503. The first-order valence-electron chi connectivity index (χ1n) is 7.99. The SMILES string of the molecule is NC(=O)c1ccccc1CN1CCCC2(CCCNC2)C1. The normalized spacial score (nSPS) is 26.9. The van der Waals surface area contributed by atoms with Crippen LogP contribution >= 0.6 is 0 Å². The van der Waals surface area contributed by atoms with Gasteiger partial charge >= 0.3 is 0 Å². The Labute approximate surface area is 126 Å². The van der Waals surface area contributed by atoms with Crippen molar-refractivity contribution in [3.63, 3.8) is 0 Å². The number of primary amides is 1. The molecule has 114 valence electrons. The first-order chi connectivity index (χ1) is 10.2. The molecule has 2 heterocycles. The van der Waals surface area contributed by atoms with Crippen molar-refractivity contribution in [1.82, 2.24) is 10.2 Å². The predicted molar refractivity (Wildman–Crippen MR) is 84.0 cm³/mol. The van der Waals surface area contributed by atoms with E-state index in [0.717, 1.165) is 38.3 Å². The number of hydrogen-bond donors (Lipinski definition) is 2. The molecule has 1 aromatic carbocycles. The van der Waals surface area contributed by atoms with E-state index in [0.29, 0.717) is 11.0 Å². The molecule has 0 aromatic heterocycles. The Morgan fingerprint density at radius 3 is 2.86 bits per heavy atom. The summed E-state index contributed by atoms with van der Waals surface area (Å²) in [4.78, 5) is 14.1. The zero-order valence-electron chi connectivity index (χ0n) is 12.6. The number of nitrogens with two attached hydrogens (primary N) is 1. The zero-order valence-corrected chi connectivity index (χ0v) is 12.6. The molecular formula is C17H25N3O. The van der Waals surface area contributed by atoms with E-state index in [-0.39, 0.29) is 5.91 Å². The van der Waals surface area contributed by atoms with Crippen LogP contribution in [0.2, 0.25) is 0 Å². The van der Waals surface area contributed by atoms with Crippen LogP contribution in [0.25, 0.3) is 0 Å². The lowest BCUT2D eigenvalue weighted by Gasteiger charge is -2.45. The van der Waals surface area contributed by atoms with Crippen molar-refractivity contribution in [2.45, 2.75) is 32.2 Å². The van der Waals surface area contributed by atoms with E-state index in [4.69, 9.17) is 5.73 Å². The summed E-state index contributed by atoms with van der Waals surface area (Å²) >= 11 is 0. The molecule has 1 spiro atoms. The molecule has 0 saturated carbocycles. The van der Waals surface area contributed by atoms with Gasteiger partial charge in [-0.05, 0) is 55.8 Å². The lowest BCUT2D eigenvalue weighted by Crippen LogP contribution is -2.50. The van der Waals surface area contributed by atoms with Gasteiger partial charge in [0, 0.05) is 25.2 Å². The van der Waals surface area contributed by atoms with Gasteiger partial charge in [-0.15, -0.1) is 0 Å². The van der Waals surface area contributed by atoms with Crippen molar-refractivity contribution in [3.05, 3.63) is 35.4 Å². The van der Waals surface area contributed by atoms with E-state index >= 15 is 0 Å². The fourth-order valence-electron chi connectivity index (χ4n) is 3.96. The van der Waals surface area contributed by atoms with E-state index < -0.39 is 0 Å². The van der Waals surface area contributed by atoms with Gasteiger partial charge in [-0.3, -0.25) is 9.69 Å². The number of piperidine rings is 2. The van der Waals surface area contributed by atoms with Gasteiger partial charge < -0.3 is 11.1 Å². The molecule has 21 heavy (non-hydrogen) atoms. The second-order valence-corrected chi connectivity index (χ2v) is 6.62. The average Bonchev–Trinajstić information content (AvgIpc) is 2.48. The molecule has 0 bridgehead atoms. The molecule has 2 fully saturated rings. The third-order valence-corrected chi connectivity index (χ3v) is 4.98. The summed E-state index contributed by atoms with van der Waals surface area (Å²) in [6.07, 6.45) is 5.19. The first kappa shape index (κ1) is 14.5. The van der Waals surface area contributed by atoms with Gasteiger partial charge in [-0.25, -0.2) is 0 Å². The van der Waals surface area contributed by atoms with Gasteiger partial charge in [0.1, 0.15) is 0 Å². The van der Waals surface area contributed by atoms with Gasteiger partial charge in [0.2, 0.25) is 5.91 Å². The molecule has 1 atom stereocenters. The molecule has 4 heteroatoms. The highest BCUT2D eigenvalue weighted by Gasteiger charge is 2.36. The third-order valence-electron chi connectivity index (χ3n) is 4.98. The van der Waals surface area contributed by atoms with Gasteiger partial charge in [0.05, 0.1) is 0 Å². The van der Waals surface area contributed by atoms with Crippen molar-refractivity contribution in [2.75, 3.05) is 26.2 Å². The average molecular weight is 287 g/mol. The van der Waals surface area contributed by atoms with Crippen LogP contribution in [0.4, 0.5) is 0 Å². The molecular weight excluding hydrogens is 262 g/mol. The number of rotatable bonds is 3. The smallest absolute Gasteiger partial charge is 0.249 e. The minimum atomic E-state index is -0.323. The summed E-state index contributed by atoms with van der Waals surface area (Å²) in [5.41, 5.74) is 7.66. The number of carbonyl (C=O) groups is 1. The second-order valence-electron chi connectivity index (χ2n) is 6.62. The van der Waals surface area contributed by atoms with Crippen molar-refractivity contribution in [3.8, 4) is 0 Å². The summed E-state index contributed by atoms with van der Waals surface area (Å²) in [6, 6.07) is 7.73. The number of amides is 1. The molecule has 4 nitrogen and oxygen atoms in total. The Hall–Kier alpha value is -1.39. The summed E-state index contributed by atoms with van der Waals surface area (Å²) in [5, 5.41) is 3.56. The second kappa shape index (κ2) is 6.16. The molecule has 0 aliphatic carbocycles. The Balaban J connectivity index is 1.71. The van der Waals surface area contributed by atoms with Crippen molar-refractivity contribution >= 4 is 5.91 Å². The molecule has 3 N–H and O–H groups in total. The number of benzene rings is 1. The fourth-order valence-corrected chi connectivity index (χ4v) is 3.96. The minimum Gasteiger partial charge on any atom is -0.366 e. The van der Waals surface area contributed by atoms with E-state index in [1.165, 1.54) is 25.7 Å². The lowest BCUT2D eigenvalue weighted by atomic mass is 9.74. The van der Waals surface area contributed by atoms with Crippen LogP contribution in [0.3, 0.4) is 0 Å². The highest BCUT2D eigenvalue weighted by atomic mass is 16.1. The molecule has 2 aliphatic heterocycles. The van der Waals surface area contributed by atoms with Crippen LogP contribution < -0.4 is 11.1 Å². The molecule has 3 rings (SSSR count). The zero-order chi connectivity index (χ0) is 14.7. The van der Waals surface area contributed by atoms with Crippen molar-refractivity contribution in [1.29, 1.82) is 0 Å². The number of nitrogens with zero attached hydrogens (tertiary/aromatic N) is 1. The maximum atomic E-state index is 11.6. The topological polar surface area (TPSA) is 58.4 Å². The number of carbonyl (C=O) groups excluding carboxylic acids is 1. The van der Waals surface area contributed by atoms with Gasteiger partial charge in [-0.1, -0.05) is 18.2 Å². The van der Waals surface area contributed by atoms with E-state index in [9.17, 15) is 4.79 Å². The minimum absolute atomic E-state index is 0.323. The van der Waals surface area contributed by atoms with Crippen molar-refractivity contribution < 1.29 is 4.79 Å². The Kier molecular flexibility index (Phi) is 4.27. The molecule has 2 aliphatic rings. The summed E-state index contributed by atoms with van der Waals surface area (Å²) in [5.74, 6) is -0.323. The largest absolute Gasteiger partial charge is 0.366 e. The monoisotopic (exact) mass is 287 g/mol. The Morgan fingerprint density at radius 1 is 1.29 bits per heavy atom. The van der Waals surface area contributed by atoms with Gasteiger partial charge in [0.15, 0.2) is 0 Å². The Morgan fingerprint density at radius 2 is 2.10 bits per heavy atom. The maximum absolute atomic E-state index is 11.6. The van der Waals surface area contributed by atoms with Crippen LogP contribution in [0.1, 0.15) is 41.6 Å². The van der Waals surface area contributed by atoms with Crippen LogP contribution in [0.5, 0.6) is 0 Å². The molecule has 2 saturated heterocycles. The molecule has 1 aromatic rings. The molecule has 0 radical (unpaired) electrons. The van der Waals surface area contributed by atoms with Crippen LogP contribution in [0.15, 0.2) is 24.3 Å². The number of nitrogens with one attached hydrogen (secondary N) is 1. The van der Waals surface area contributed by atoms with Crippen LogP contribution in [-0.2, 0) is 6.54 Å². The van der Waals surface area contributed by atoms with E-state index in [1.54, 1.807) is 0 Å². The maximum Gasteiger partial charge on any atom is 0.249 e. The quantitative estimate of drug-likeness (QED) is 0.890. The fraction of sp³-hybridized carbons (Fsp3) is 0.588. The van der Waals surface area contributed by atoms with E-state index in [1.807, 2.05) is 24.3 Å². The van der Waals surface area contributed by atoms with Crippen LogP contribution in [0, 0.1) is 5.41 Å². The summed E-state index contributed by atoms with van der Waals surface area (Å²) in [6.45, 7) is 5.38. The van der Waals surface area contributed by atoms with Crippen molar-refractivity contribution in [2.24, 2.45) is 11.1 Å². The number of hydrogen-bond acceptors (Lipinski definition) is 3. The summed E-state index contributed by atoms with van der Waals surface area (Å²) < 4.78 is 0. The molecule has 1 unspecified atom stereocenters. The van der Waals surface area contributed by atoms with Gasteiger partial charge in [-0.2, -0.15) is 0 Å².